The maximum absolute atomic E-state index is 10.2. The van der Waals surface area contributed by atoms with Crippen LogP contribution in [0.5, 0.6) is 0 Å². The second-order valence-corrected chi connectivity index (χ2v) is 6.26. The van der Waals surface area contributed by atoms with Crippen molar-refractivity contribution < 1.29 is 5.11 Å². The molecule has 2 aromatic heterocycles. The standard InChI is InChI=1S/C15H25N5O/c1-11-13-6-12(8-17-14(13)20(5)18-11)7-16-9-15(2,21)10-19(3)4/h6,8,16,21H,7,9-10H2,1-5H3. The van der Waals surface area contributed by atoms with Crippen LogP contribution in [0.1, 0.15) is 18.2 Å². The maximum atomic E-state index is 10.2. The second kappa shape index (κ2) is 6.09. The molecule has 2 heterocycles. The highest BCUT2D eigenvalue weighted by atomic mass is 16.3. The number of nitrogens with zero attached hydrogens (tertiary/aromatic N) is 4. The predicted molar refractivity (Wildman–Crippen MR) is 84.1 cm³/mol. The Hall–Kier alpha value is -1.50. The minimum Gasteiger partial charge on any atom is -0.388 e. The molecule has 116 valence electrons. The van der Waals surface area contributed by atoms with Crippen LogP contribution in [-0.2, 0) is 13.6 Å². The Morgan fingerprint density at radius 1 is 1.43 bits per heavy atom. The van der Waals surface area contributed by atoms with Gasteiger partial charge in [-0.15, -0.1) is 0 Å². The Balaban J connectivity index is 1.99. The zero-order valence-electron chi connectivity index (χ0n) is 13.5. The van der Waals surface area contributed by atoms with E-state index in [9.17, 15) is 5.11 Å². The first-order valence-electron chi connectivity index (χ1n) is 7.14. The minimum atomic E-state index is -0.745. The molecule has 0 fully saturated rings. The Kier molecular flexibility index (Phi) is 4.61. The van der Waals surface area contributed by atoms with E-state index in [1.807, 2.05) is 46.1 Å². The molecule has 1 atom stereocenters. The monoisotopic (exact) mass is 291 g/mol. The van der Waals surface area contributed by atoms with Crippen molar-refractivity contribution in [3.8, 4) is 0 Å². The molecule has 0 aliphatic heterocycles. The van der Waals surface area contributed by atoms with Crippen molar-refractivity contribution in [3.05, 3.63) is 23.5 Å². The van der Waals surface area contributed by atoms with E-state index in [1.165, 1.54) is 0 Å². The number of hydrogen-bond acceptors (Lipinski definition) is 5. The number of likely N-dealkylation sites (N-methyl/N-ethyl adjacent to an activating group) is 1. The lowest BCUT2D eigenvalue weighted by atomic mass is 10.1. The molecule has 21 heavy (non-hydrogen) atoms. The molecule has 0 aliphatic rings. The van der Waals surface area contributed by atoms with Gasteiger partial charge in [-0.1, -0.05) is 0 Å². The summed E-state index contributed by atoms with van der Waals surface area (Å²) in [6.07, 6.45) is 1.86. The van der Waals surface area contributed by atoms with Gasteiger partial charge in [0.25, 0.3) is 0 Å². The molecule has 0 bridgehead atoms. The lowest BCUT2D eigenvalue weighted by Gasteiger charge is -2.27. The zero-order valence-corrected chi connectivity index (χ0v) is 13.5. The zero-order chi connectivity index (χ0) is 15.6. The quantitative estimate of drug-likeness (QED) is 0.819. The van der Waals surface area contributed by atoms with E-state index in [2.05, 4.69) is 21.5 Å². The average molecular weight is 291 g/mol. The third-order valence-corrected chi connectivity index (χ3v) is 3.41. The number of hydrogen-bond donors (Lipinski definition) is 2. The van der Waals surface area contributed by atoms with Gasteiger partial charge >= 0.3 is 0 Å². The van der Waals surface area contributed by atoms with Gasteiger partial charge in [-0.2, -0.15) is 5.10 Å². The van der Waals surface area contributed by atoms with Crippen molar-refractivity contribution in [2.45, 2.75) is 26.0 Å². The van der Waals surface area contributed by atoms with Crippen molar-refractivity contribution in [2.24, 2.45) is 7.05 Å². The topological polar surface area (TPSA) is 66.2 Å². The molecule has 0 aromatic carbocycles. The van der Waals surface area contributed by atoms with Gasteiger partial charge in [-0.05, 0) is 39.6 Å². The number of nitrogens with one attached hydrogen (secondary N) is 1. The van der Waals surface area contributed by atoms with E-state index < -0.39 is 5.60 Å². The number of rotatable bonds is 6. The highest BCUT2D eigenvalue weighted by molar-refractivity contribution is 5.78. The fourth-order valence-electron chi connectivity index (χ4n) is 2.66. The highest BCUT2D eigenvalue weighted by Gasteiger charge is 2.20. The number of aryl methyl sites for hydroxylation is 2. The van der Waals surface area contributed by atoms with Gasteiger partial charge in [0.05, 0.1) is 11.3 Å². The largest absolute Gasteiger partial charge is 0.388 e. The first kappa shape index (κ1) is 15.9. The fourth-order valence-corrected chi connectivity index (χ4v) is 2.66. The summed E-state index contributed by atoms with van der Waals surface area (Å²) >= 11 is 0. The Labute approximate surface area is 125 Å². The van der Waals surface area contributed by atoms with Crippen LogP contribution in [0.25, 0.3) is 11.0 Å². The molecule has 6 nitrogen and oxygen atoms in total. The van der Waals surface area contributed by atoms with Crippen LogP contribution >= 0.6 is 0 Å². The Bertz CT molecular complexity index is 618. The molecule has 0 saturated carbocycles. The van der Waals surface area contributed by atoms with E-state index in [0.717, 1.165) is 22.3 Å². The van der Waals surface area contributed by atoms with Gasteiger partial charge in [0, 0.05) is 38.3 Å². The highest BCUT2D eigenvalue weighted by Crippen LogP contribution is 2.16. The third-order valence-electron chi connectivity index (χ3n) is 3.41. The van der Waals surface area contributed by atoms with Crippen LogP contribution in [0.4, 0.5) is 0 Å². The SMILES string of the molecule is Cc1nn(C)c2ncc(CNCC(C)(O)CN(C)C)cc12. The number of aromatic nitrogens is 3. The second-order valence-electron chi connectivity index (χ2n) is 6.26. The Morgan fingerprint density at radius 3 is 2.81 bits per heavy atom. The van der Waals surface area contributed by atoms with Crippen molar-refractivity contribution in [1.29, 1.82) is 0 Å². The molecular formula is C15H25N5O. The number of pyridine rings is 1. The first-order chi connectivity index (χ1) is 9.78. The summed E-state index contributed by atoms with van der Waals surface area (Å²) in [5.41, 5.74) is 2.24. The average Bonchev–Trinajstić information content (AvgIpc) is 2.63. The predicted octanol–water partition coefficient (Wildman–Crippen LogP) is 0.679. The first-order valence-corrected chi connectivity index (χ1v) is 7.14. The lowest BCUT2D eigenvalue weighted by molar-refractivity contribution is 0.0336. The van der Waals surface area contributed by atoms with Gasteiger partial charge in [0.2, 0.25) is 0 Å². The van der Waals surface area contributed by atoms with Crippen molar-refractivity contribution >= 4 is 11.0 Å². The van der Waals surface area contributed by atoms with Crippen molar-refractivity contribution in [2.75, 3.05) is 27.2 Å². The van der Waals surface area contributed by atoms with Crippen LogP contribution in [0.3, 0.4) is 0 Å². The molecular weight excluding hydrogens is 266 g/mol. The van der Waals surface area contributed by atoms with Crippen LogP contribution in [0, 0.1) is 6.92 Å². The summed E-state index contributed by atoms with van der Waals surface area (Å²) in [4.78, 5) is 6.44. The molecule has 0 aliphatic carbocycles. The Morgan fingerprint density at radius 2 is 2.14 bits per heavy atom. The van der Waals surface area contributed by atoms with Gasteiger partial charge in [-0.3, -0.25) is 4.68 Å². The van der Waals surface area contributed by atoms with Crippen molar-refractivity contribution in [1.82, 2.24) is 25.0 Å². The molecule has 2 aromatic rings. The molecule has 2 N–H and O–H groups in total. The van der Waals surface area contributed by atoms with Crippen LogP contribution in [-0.4, -0.2) is 57.6 Å². The van der Waals surface area contributed by atoms with Gasteiger partial charge in [0.1, 0.15) is 0 Å². The minimum absolute atomic E-state index is 0.537. The normalized spacial score (nSPS) is 14.8. The smallest absolute Gasteiger partial charge is 0.157 e. The summed E-state index contributed by atoms with van der Waals surface area (Å²) in [7, 11) is 5.81. The molecule has 0 saturated heterocycles. The van der Waals surface area contributed by atoms with E-state index in [-0.39, 0.29) is 0 Å². The molecule has 6 heteroatoms. The van der Waals surface area contributed by atoms with E-state index in [4.69, 9.17) is 0 Å². The summed E-state index contributed by atoms with van der Waals surface area (Å²) < 4.78 is 1.80. The number of fused-ring (bicyclic) bond motifs is 1. The summed E-state index contributed by atoms with van der Waals surface area (Å²) in [6, 6.07) is 2.11. The summed E-state index contributed by atoms with van der Waals surface area (Å²) in [5, 5.41) is 19.0. The van der Waals surface area contributed by atoms with Gasteiger partial charge < -0.3 is 15.3 Å². The molecule has 1 unspecified atom stereocenters. The molecule has 2 rings (SSSR count). The van der Waals surface area contributed by atoms with E-state index in [0.29, 0.717) is 19.6 Å². The number of aliphatic hydroxyl groups is 1. The van der Waals surface area contributed by atoms with Crippen LogP contribution in [0.15, 0.2) is 12.3 Å². The van der Waals surface area contributed by atoms with E-state index >= 15 is 0 Å². The van der Waals surface area contributed by atoms with Gasteiger partial charge in [0.15, 0.2) is 5.65 Å². The van der Waals surface area contributed by atoms with Crippen LogP contribution in [0.2, 0.25) is 0 Å². The molecule has 0 radical (unpaired) electrons. The van der Waals surface area contributed by atoms with E-state index in [1.54, 1.807) is 4.68 Å². The lowest BCUT2D eigenvalue weighted by Crippen LogP contribution is -2.45. The summed E-state index contributed by atoms with van der Waals surface area (Å²) in [6.45, 7) is 5.67. The fraction of sp³-hybridized carbons (Fsp3) is 0.600. The van der Waals surface area contributed by atoms with Crippen LogP contribution < -0.4 is 5.32 Å². The van der Waals surface area contributed by atoms with Gasteiger partial charge in [-0.25, -0.2) is 4.98 Å². The summed E-state index contributed by atoms with van der Waals surface area (Å²) in [5.74, 6) is 0. The molecule has 0 amide bonds. The van der Waals surface area contributed by atoms with Crippen molar-refractivity contribution in [3.63, 3.8) is 0 Å². The molecule has 0 spiro atoms. The third kappa shape index (κ3) is 4.00. The maximum Gasteiger partial charge on any atom is 0.157 e.